The summed E-state index contributed by atoms with van der Waals surface area (Å²) < 4.78 is 1.60. The molecule has 0 bridgehead atoms. The van der Waals surface area contributed by atoms with Gasteiger partial charge in [-0.15, -0.1) is 5.10 Å². The normalized spacial score (nSPS) is 10.6. The Morgan fingerprint density at radius 1 is 1.04 bits per heavy atom. The lowest BCUT2D eigenvalue weighted by atomic mass is 10.1. The molecule has 2 aromatic carbocycles. The number of carbonyl (C=O) groups is 1. The molecule has 0 atom stereocenters. The Morgan fingerprint density at radius 2 is 1.87 bits per heavy atom. The number of hydrogen-bond donors (Lipinski definition) is 1. The largest absolute Gasteiger partial charge is 0.319 e. The zero-order chi connectivity index (χ0) is 16.4. The number of rotatable bonds is 3. The second-order valence-corrected chi connectivity index (χ2v) is 5.60. The molecule has 0 aliphatic rings. The molecule has 0 aliphatic heterocycles. The van der Waals surface area contributed by atoms with E-state index in [9.17, 15) is 4.79 Å². The summed E-state index contributed by atoms with van der Waals surface area (Å²) in [5.41, 5.74) is 5.05. The zero-order valence-electron chi connectivity index (χ0n) is 13.4. The number of carbonyl (C=O) groups excluding carboxylic acids is 1. The first-order chi connectivity index (χ1) is 11.0. The molecule has 0 unspecified atom stereocenters. The smallest absolute Gasteiger partial charge is 0.295 e. The van der Waals surface area contributed by atoms with Crippen LogP contribution < -0.4 is 5.32 Å². The average Bonchev–Trinajstić information content (AvgIpc) is 3.01. The van der Waals surface area contributed by atoms with E-state index >= 15 is 0 Å². The number of hydrogen-bond acceptors (Lipinski definition) is 3. The Labute approximate surface area is 135 Å². The van der Waals surface area contributed by atoms with Crippen molar-refractivity contribution in [3.05, 3.63) is 71.3 Å². The van der Waals surface area contributed by atoms with Gasteiger partial charge in [0, 0.05) is 5.69 Å². The van der Waals surface area contributed by atoms with Crippen LogP contribution in [0.4, 0.5) is 5.69 Å². The summed E-state index contributed by atoms with van der Waals surface area (Å²) in [6.07, 6.45) is 1.55. The van der Waals surface area contributed by atoms with Gasteiger partial charge in [-0.3, -0.25) is 4.79 Å². The van der Waals surface area contributed by atoms with Crippen molar-refractivity contribution in [1.82, 2.24) is 14.8 Å². The molecule has 23 heavy (non-hydrogen) atoms. The van der Waals surface area contributed by atoms with Gasteiger partial charge in [0.15, 0.2) is 0 Å². The van der Waals surface area contributed by atoms with Crippen molar-refractivity contribution in [2.45, 2.75) is 20.8 Å². The molecule has 3 aromatic rings. The molecular weight excluding hydrogens is 288 g/mol. The molecule has 116 valence electrons. The minimum atomic E-state index is -0.320. The first-order valence-electron chi connectivity index (χ1n) is 7.40. The van der Waals surface area contributed by atoms with Gasteiger partial charge >= 0.3 is 0 Å². The highest BCUT2D eigenvalue weighted by molar-refractivity contribution is 6.01. The van der Waals surface area contributed by atoms with E-state index in [0.29, 0.717) is 0 Å². The average molecular weight is 306 g/mol. The standard InChI is InChI=1S/C18H18N4O/c1-12-5-4-6-16(9-12)22-11-19-17(21-22)18(23)20-15-8-7-13(2)14(3)10-15/h4-11H,1-3H3,(H,20,23). The summed E-state index contributed by atoms with van der Waals surface area (Å²) in [6, 6.07) is 13.6. The Morgan fingerprint density at radius 3 is 2.61 bits per heavy atom. The number of aromatic nitrogens is 3. The number of benzene rings is 2. The first-order valence-corrected chi connectivity index (χ1v) is 7.40. The van der Waals surface area contributed by atoms with Crippen LogP contribution in [0.3, 0.4) is 0 Å². The molecule has 1 heterocycles. The van der Waals surface area contributed by atoms with Gasteiger partial charge in [0.1, 0.15) is 6.33 Å². The quantitative estimate of drug-likeness (QED) is 0.806. The number of nitrogens with zero attached hydrogens (tertiary/aromatic N) is 3. The fourth-order valence-electron chi connectivity index (χ4n) is 2.27. The molecule has 0 saturated carbocycles. The third-order valence-electron chi connectivity index (χ3n) is 3.73. The maximum absolute atomic E-state index is 12.3. The minimum absolute atomic E-state index is 0.143. The maximum atomic E-state index is 12.3. The van der Waals surface area contributed by atoms with Gasteiger partial charge < -0.3 is 5.32 Å². The van der Waals surface area contributed by atoms with E-state index in [4.69, 9.17) is 0 Å². The first kappa shape index (κ1) is 15.0. The highest BCUT2D eigenvalue weighted by Crippen LogP contribution is 2.15. The van der Waals surface area contributed by atoms with Crippen molar-refractivity contribution >= 4 is 11.6 Å². The molecule has 0 radical (unpaired) electrons. The van der Waals surface area contributed by atoms with Crippen molar-refractivity contribution < 1.29 is 4.79 Å². The van der Waals surface area contributed by atoms with Crippen molar-refractivity contribution in [2.75, 3.05) is 5.32 Å². The second-order valence-electron chi connectivity index (χ2n) is 5.60. The molecule has 5 nitrogen and oxygen atoms in total. The molecule has 0 saturated heterocycles. The van der Waals surface area contributed by atoms with Gasteiger partial charge in [0.05, 0.1) is 5.69 Å². The molecule has 1 amide bonds. The van der Waals surface area contributed by atoms with Gasteiger partial charge in [-0.25, -0.2) is 9.67 Å². The Balaban J connectivity index is 1.79. The van der Waals surface area contributed by atoms with E-state index in [1.807, 2.05) is 63.2 Å². The van der Waals surface area contributed by atoms with E-state index in [1.165, 1.54) is 5.56 Å². The lowest BCUT2D eigenvalue weighted by molar-refractivity contribution is 0.101. The number of aryl methyl sites for hydroxylation is 3. The van der Waals surface area contributed by atoms with E-state index < -0.39 is 0 Å². The zero-order valence-corrected chi connectivity index (χ0v) is 13.4. The third-order valence-corrected chi connectivity index (χ3v) is 3.73. The fourth-order valence-corrected chi connectivity index (χ4v) is 2.27. The Hall–Kier alpha value is -2.95. The van der Waals surface area contributed by atoms with Crippen LogP contribution in [0.5, 0.6) is 0 Å². The van der Waals surface area contributed by atoms with Crippen molar-refractivity contribution in [3.63, 3.8) is 0 Å². The molecule has 1 N–H and O–H groups in total. The van der Waals surface area contributed by atoms with Gasteiger partial charge in [-0.2, -0.15) is 0 Å². The number of nitrogens with one attached hydrogen (secondary N) is 1. The molecule has 5 heteroatoms. The summed E-state index contributed by atoms with van der Waals surface area (Å²) in [5, 5.41) is 7.08. The second kappa shape index (κ2) is 6.04. The Bertz CT molecular complexity index is 867. The van der Waals surface area contributed by atoms with Crippen LogP contribution >= 0.6 is 0 Å². The van der Waals surface area contributed by atoms with Gasteiger partial charge in [-0.05, 0) is 61.7 Å². The van der Waals surface area contributed by atoms with E-state index in [2.05, 4.69) is 15.4 Å². The monoisotopic (exact) mass is 306 g/mol. The lowest BCUT2D eigenvalue weighted by Gasteiger charge is -2.05. The van der Waals surface area contributed by atoms with E-state index in [1.54, 1.807) is 11.0 Å². The topological polar surface area (TPSA) is 59.8 Å². The highest BCUT2D eigenvalue weighted by Gasteiger charge is 2.12. The van der Waals surface area contributed by atoms with Crippen LogP contribution in [0.1, 0.15) is 27.3 Å². The SMILES string of the molecule is Cc1cccc(-n2cnc(C(=O)Nc3ccc(C)c(C)c3)n2)c1. The van der Waals surface area contributed by atoms with Gasteiger partial charge in [-0.1, -0.05) is 18.2 Å². The summed E-state index contributed by atoms with van der Waals surface area (Å²) in [6.45, 7) is 6.05. The van der Waals surface area contributed by atoms with Gasteiger partial charge in [0.2, 0.25) is 5.82 Å². The van der Waals surface area contributed by atoms with E-state index in [-0.39, 0.29) is 11.7 Å². The summed E-state index contributed by atoms with van der Waals surface area (Å²) in [7, 11) is 0. The maximum Gasteiger partial charge on any atom is 0.295 e. The van der Waals surface area contributed by atoms with Gasteiger partial charge in [0.25, 0.3) is 5.91 Å². The molecule has 0 fully saturated rings. The molecule has 0 aliphatic carbocycles. The number of anilines is 1. The Kier molecular flexibility index (Phi) is 3.93. The lowest BCUT2D eigenvalue weighted by Crippen LogP contribution is -2.14. The van der Waals surface area contributed by atoms with E-state index in [0.717, 1.165) is 22.5 Å². The van der Waals surface area contributed by atoms with Crippen LogP contribution in [0.2, 0.25) is 0 Å². The van der Waals surface area contributed by atoms with Crippen molar-refractivity contribution in [2.24, 2.45) is 0 Å². The van der Waals surface area contributed by atoms with Crippen LogP contribution in [-0.4, -0.2) is 20.7 Å². The summed E-state index contributed by atoms with van der Waals surface area (Å²) in [4.78, 5) is 16.4. The molecule has 0 spiro atoms. The molecule has 1 aromatic heterocycles. The predicted molar refractivity (Wildman–Crippen MR) is 90.0 cm³/mol. The highest BCUT2D eigenvalue weighted by atomic mass is 16.2. The third kappa shape index (κ3) is 3.29. The number of amides is 1. The van der Waals surface area contributed by atoms with Crippen LogP contribution in [-0.2, 0) is 0 Å². The van der Waals surface area contributed by atoms with Crippen molar-refractivity contribution in [1.29, 1.82) is 0 Å². The fraction of sp³-hybridized carbons (Fsp3) is 0.167. The molecular formula is C18H18N4O. The molecule has 3 rings (SSSR count). The predicted octanol–water partition coefficient (Wildman–Crippen LogP) is 3.44. The van der Waals surface area contributed by atoms with Crippen LogP contribution in [0.15, 0.2) is 48.8 Å². The van der Waals surface area contributed by atoms with Crippen molar-refractivity contribution in [3.8, 4) is 5.69 Å². The van der Waals surface area contributed by atoms with Crippen LogP contribution in [0.25, 0.3) is 5.69 Å². The minimum Gasteiger partial charge on any atom is -0.319 e. The summed E-state index contributed by atoms with van der Waals surface area (Å²) in [5.74, 6) is -0.176. The van der Waals surface area contributed by atoms with Crippen LogP contribution in [0, 0.1) is 20.8 Å². The summed E-state index contributed by atoms with van der Waals surface area (Å²) >= 11 is 0.